The van der Waals surface area contributed by atoms with Crippen molar-refractivity contribution < 1.29 is 13.2 Å². The summed E-state index contributed by atoms with van der Waals surface area (Å²) in [5, 5.41) is 2.35. The van der Waals surface area contributed by atoms with E-state index >= 15 is 0 Å². The lowest BCUT2D eigenvalue weighted by Crippen LogP contribution is -2.34. The fourth-order valence-corrected chi connectivity index (χ4v) is 1.30. The average molecular weight is 257 g/mol. The van der Waals surface area contributed by atoms with E-state index in [0.29, 0.717) is 4.68 Å². The summed E-state index contributed by atoms with van der Waals surface area (Å²) in [6, 6.07) is 4.04. The van der Waals surface area contributed by atoms with Crippen molar-refractivity contribution in [1.82, 2.24) is 14.8 Å². The Morgan fingerprint density at radius 3 is 2.56 bits per heavy atom. The second-order valence-electron chi connectivity index (χ2n) is 3.35. The Morgan fingerprint density at radius 2 is 1.89 bits per heavy atom. The second kappa shape index (κ2) is 4.13. The molecule has 94 valence electrons. The smallest absolute Gasteiger partial charge is 0.297 e. The largest absolute Gasteiger partial charge is 0.433 e. The molecule has 2 aromatic rings. The zero-order valence-electron chi connectivity index (χ0n) is 8.73. The van der Waals surface area contributed by atoms with Gasteiger partial charge in [-0.05, 0) is 12.1 Å². The van der Waals surface area contributed by atoms with Crippen molar-refractivity contribution in [3.63, 3.8) is 0 Å². The van der Waals surface area contributed by atoms with Gasteiger partial charge in [0, 0.05) is 12.3 Å². The SMILES string of the molecule is O=c1cc[nH]n(-c2cccc(C(F)(F)F)n2)c1=O. The van der Waals surface area contributed by atoms with Crippen LogP contribution in [0.2, 0.25) is 0 Å². The first-order chi connectivity index (χ1) is 8.39. The van der Waals surface area contributed by atoms with Crippen LogP contribution in [-0.2, 0) is 6.18 Å². The van der Waals surface area contributed by atoms with Gasteiger partial charge in [0.25, 0.3) is 0 Å². The molecule has 0 spiro atoms. The zero-order valence-corrected chi connectivity index (χ0v) is 8.73. The molecular formula is C10H6F3N3O2. The van der Waals surface area contributed by atoms with E-state index < -0.39 is 22.9 Å². The van der Waals surface area contributed by atoms with Crippen molar-refractivity contribution in [1.29, 1.82) is 0 Å². The molecule has 0 saturated heterocycles. The second-order valence-corrected chi connectivity index (χ2v) is 3.35. The van der Waals surface area contributed by atoms with E-state index in [1.54, 1.807) is 0 Å². The summed E-state index contributed by atoms with van der Waals surface area (Å²) in [7, 11) is 0. The summed E-state index contributed by atoms with van der Waals surface area (Å²) in [5.41, 5.74) is -2.98. The number of nitrogens with one attached hydrogen (secondary N) is 1. The number of rotatable bonds is 1. The van der Waals surface area contributed by atoms with E-state index in [4.69, 9.17) is 0 Å². The van der Waals surface area contributed by atoms with Gasteiger partial charge in [-0.2, -0.15) is 17.9 Å². The number of halogens is 3. The van der Waals surface area contributed by atoms with Crippen LogP contribution in [0.4, 0.5) is 13.2 Å². The standard InChI is InChI=1S/C10H6F3N3O2/c11-10(12,13)7-2-1-3-8(15-7)16-9(18)6(17)4-5-14-16/h1-5,14H. The fraction of sp³-hybridized carbons (Fsp3) is 0.100. The molecule has 0 aliphatic heterocycles. The highest BCUT2D eigenvalue weighted by molar-refractivity contribution is 5.24. The minimum Gasteiger partial charge on any atom is -0.297 e. The molecule has 0 aliphatic rings. The average Bonchev–Trinajstić information content (AvgIpc) is 2.32. The topological polar surface area (TPSA) is 67.8 Å². The highest BCUT2D eigenvalue weighted by Crippen LogP contribution is 2.27. The number of aromatic amines is 1. The summed E-state index contributed by atoms with van der Waals surface area (Å²) in [6.45, 7) is 0. The van der Waals surface area contributed by atoms with Gasteiger partial charge in [0.2, 0.25) is 5.43 Å². The maximum atomic E-state index is 12.4. The maximum absolute atomic E-state index is 12.4. The normalized spacial score (nSPS) is 11.5. The van der Waals surface area contributed by atoms with E-state index in [0.717, 1.165) is 24.4 Å². The summed E-state index contributed by atoms with van der Waals surface area (Å²) in [6.07, 6.45) is -3.47. The van der Waals surface area contributed by atoms with Gasteiger partial charge in [-0.3, -0.25) is 14.7 Å². The fourth-order valence-electron chi connectivity index (χ4n) is 1.30. The lowest BCUT2D eigenvalue weighted by atomic mass is 10.3. The molecule has 0 amide bonds. The van der Waals surface area contributed by atoms with Crippen LogP contribution in [0.1, 0.15) is 5.69 Å². The molecule has 1 N–H and O–H groups in total. The van der Waals surface area contributed by atoms with Crippen LogP contribution < -0.4 is 11.0 Å². The minimum atomic E-state index is -4.62. The third-order valence-electron chi connectivity index (χ3n) is 2.11. The highest BCUT2D eigenvalue weighted by Gasteiger charge is 2.32. The molecule has 0 saturated carbocycles. The summed E-state index contributed by atoms with van der Waals surface area (Å²) >= 11 is 0. The number of aromatic nitrogens is 3. The van der Waals surface area contributed by atoms with E-state index in [1.165, 1.54) is 6.07 Å². The number of hydrogen-bond donors (Lipinski definition) is 1. The summed E-state index contributed by atoms with van der Waals surface area (Å²) in [5.74, 6) is -0.299. The Hall–Kier alpha value is -2.38. The van der Waals surface area contributed by atoms with Gasteiger partial charge in [-0.1, -0.05) is 6.07 Å². The molecule has 0 radical (unpaired) electrons. The van der Waals surface area contributed by atoms with Crippen LogP contribution in [0.25, 0.3) is 5.82 Å². The molecule has 0 aromatic carbocycles. The van der Waals surface area contributed by atoms with E-state index in [1.807, 2.05) is 0 Å². The number of nitrogens with zero attached hydrogens (tertiary/aromatic N) is 2. The predicted molar refractivity (Wildman–Crippen MR) is 55.5 cm³/mol. The van der Waals surface area contributed by atoms with Crippen molar-refractivity contribution in [2.24, 2.45) is 0 Å². The molecule has 0 bridgehead atoms. The Morgan fingerprint density at radius 1 is 1.17 bits per heavy atom. The zero-order chi connectivity index (χ0) is 13.3. The van der Waals surface area contributed by atoms with Crippen molar-refractivity contribution in [2.75, 3.05) is 0 Å². The highest BCUT2D eigenvalue weighted by atomic mass is 19.4. The molecule has 0 fully saturated rings. The molecule has 8 heteroatoms. The predicted octanol–water partition coefficient (Wildman–Crippen LogP) is 0.940. The van der Waals surface area contributed by atoms with Gasteiger partial charge >= 0.3 is 11.7 Å². The number of alkyl halides is 3. The molecule has 0 atom stereocenters. The monoisotopic (exact) mass is 257 g/mol. The lowest BCUT2D eigenvalue weighted by molar-refractivity contribution is -0.141. The van der Waals surface area contributed by atoms with Gasteiger partial charge < -0.3 is 0 Å². The summed E-state index contributed by atoms with van der Waals surface area (Å²) in [4.78, 5) is 25.8. The van der Waals surface area contributed by atoms with Gasteiger partial charge in [0.05, 0.1) is 0 Å². The molecule has 5 nitrogen and oxygen atoms in total. The Balaban J connectivity index is 2.63. The van der Waals surface area contributed by atoms with Crippen molar-refractivity contribution in [2.45, 2.75) is 6.18 Å². The Bertz CT molecular complexity index is 687. The number of hydrogen-bond acceptors (Lipinski definition) is 3. The molecule has 2 heterocycles. The van der Waals surface area contributed by atoms with E-state index in [9.17, 15) is 22.8 Å². The molecule has 0 aliphatic carbocycles. The van der Waals surface area contributed by atoms with E-state index in [2.05, 4.69) is 10.1 Å². The molecule has 18 heavy (non-hydrogen) atoms. The third kappa shape index (κ3) is 2.17. The number of pyridine rings is 1. The van der Waals surface area contributed by atoms with Crippen molar-refractivity contribution in [3.8, 4) is 5.82 Å². The van der Waals surface area contributed by atoms with Crippen LogP contribution in [0.3, 0.4) is 0 Å². The van der Waals surface area contributed by atoms with Gasteiger partial charge in [0.1, 0.15) is 5.69 Å². The Labute approximate surface area is 97.5 Å². The third-order valence-corrected chi connectivity index (χ3v) is 2.11. The molecule has 0 unspecified atom stereocenters. The lowest BCUT2D eigenvalue weighted by Gasteiger charge is -2.08. The van der Waals surface area contributed by atoms with Gasteiger partial charge in [0.15, 0.2) is 5.82 Å². The van der Waals surface area contributed by atoms with E-state index in [-0.39, 0.29) is 5.82 Å². The van der Waals surface area contributed by atoms with Crippen LogP contribution in [0.5, 0.6) is 0 Å². The van der Waals surface area contributed by atoms with Crippen LogP contribution in [-0.4, -0.2) is 14.8 Å². The van der Waals surface area contributed by atoms with Gasteiger partial charge in [-0.15, -0.1) is 0 Å². The summed E-state index contributed by atoms with van der Waals surface area (Å²) < 4.78 is 38.0. The van der Waals surface area contributed by atoms with Crippen molar-refractivity contribution >= 4 is 0 Å². The first-order valence-corrected chi connectivity index (χ1v) is 4.75. The Kier molecular flexibility index (Phi) is 2.77. The van der Waals surface area contributed by atoms with Crippen LogP contribution >= 0.6 is 0 Å². The minimum absolute atomic E-state index is 0.299. The maximum Gasteiger partial charge on any atom is 0.433 e. The van der Waals surface area contributed by atoms with Crippen LogP contribution in [0, 0.1) is 0 Å². The first kappa shape index (κ1) is 12.1. The van der Waals surface area contributed by atoms with Gasteiger partial charge in [-0.25, -0.2) is 4.98 Å². The van der Waals surface area contributed by atoms with Crippen molar-refractivity contribution in [3.05, 3.63) is 56.7 Å². The van der Waals surface area contributed by atoms with Crippen LogP contribution in [0.15, 0.2) is 40.1 Å². The molecular weight excluding hydrogens is 251 g/mol. The molecule has 2 rings (SSSR count). The number of H-pyrrole nitrogens is 1. The molecule has 2 aromatic heterocycles. The first-order valence-electron chi connectivity index (χ1n) is 4.75. The quantitative estimate of drug-likeness (QED) is 0.773.